The Balaban J connectivity index is 4.17. The van der Waals surface area contributed by atoms with E-state index in [-0.39, 0.29) is 4.48 Å². The van der Waals surface area contributed by atoms with Crippen LogP contribution in [0.15, 0.2) is 10.6 Å². The first-order chi connectivity index (χ1) is 4.04. The van der Waals surface area contributed by atoms with Crippen molar-refractivity contribution < 1.29 is 9.59 Å². The fraction of sp³-hybridized carbons (Fsp3) is 0. The SMILES string of the molecule is O=C(Cl)C=C(Br)C(=O)Cl. The van der Waals surface area contributed by atoms with E-state index in [0.29, 0.717) is 0 Å². The Morgan fingerprint density at radius 3 is 1.89 bits per heavy atom. The number of rotatable bonds is 2. The molecule has 0 aliphatic heterocycles. The maximum absolute atomic E-state index is 10.1. The van der Waals surface area contributed by atoms with Crippen LogP contribution < -0.4 is 0 Å². The van der Waals surface area contributed by atoms with Gasteiger partial charge in [-0.2, -0.15) is 0 Å². The fourth-order valence-corrected chi connectivity index (χ4v) is 0.660. The first kappa shape index (κ1) is 9.14. The van der Waals surface area contributed by atoms with Gasteiger partial charge < -0.3 is 0 Å². The maximum atomic E-state index is 10.1. The summed E-state index contributed by atoms with van der Waals surface area (Å²) < 4.78 is -0.0378. The highest BCUT2D eigenvalue weighted by Gasteiger charge is 2.01. The Morgan fingerprint density at radius 1 is 1.33 bits per heavy atom. The molecule has 0 atom stereocenters. The second kappa shape index (κ2) is 4.04. The van der Waals surface area contributed by atoms with Crippen molar-refractivity contribution in [3.8, 4) is 0 Å². The average Bonchev–Trinajstić information content (AvgIpc) is 1.63. The third-order valence-corrected chi connectivity index (χ3v) is 1.56. The second-order valence-electron chi connectivity index (χ2n) is 1.07. The van der Waals surface area contributed by atoms with Crippen molar-refractivity contribution in [3.63, 3.8) is 0 Å². The zero-order valence-electron chi connectivity index (χ0n) is 4.03. The maximum Gasteiger partial charge on any atom is 0.259 e. The van der Waals surface area contributed by atoms with Crippen molar-refractivity contribution in [3.05, 3.63) is 10.6 Å². The third-order valence-electron chi connectivity index (χ3n) is 0.428. The normalized spacial score (nSPS) is 11.2. The van der Waals surface area contributed by atoms with Gasteiger partial charge in [-0.3, -0.25) is 9.59 Å². The van der Waals surface area contributed by atoms with E-state index in [1.54, 1.807) is 0 Å². The highest BCUT2D eigenvalue weighted by Crippen LogP contribution is 2.08. The Morgan fingerprint density at radius 2 is 1.78 bits per heavy atom. The first-order valence-corrected chi connectivity index (χ1v) is 3.35. The lowest BCUT2D eigenvalue weighted by Crippen LogP contribution is -1.86. The summed E-state index contributed by atoms with van der Waals surface area (Å²) in [6, 6.07) is 0. The van der Waals surface area contributed by atoms with Gasteiger partial charge in [-0.1, -0.05) is 0 Å². The molecule has 9 heavy (non-hydrogen) atoms. The van der Waals surface area contributed by atoms with Crippen LogP contribution in [0.4, 0.5) is 0 Å². The molecule has 0 bridgehead atoms. The zero-order valence-corrected chi connectivity index (χ0v) is 7.13. The van der Waals surface area contributed by atoms with Gasteiger partial charge in [0.2, 0.25) is 5.24 Å². The Labute approximate surface area is 69.9 Å². The van der Waals surface area contributed by atoms with E-state index in [4.69, 9.17) is 23.2 Å². The summed E-state index contributed by atoms with van der Waals surface area (Å²) in [5.41, 5.74) is 0. The minimum absolute atomic E-state index is 0.0378. The largest absolute Gasteiger partial charge is 0.276 e. The van der Waals surface area contributed by atoms with E-state index >= 15 is 0 Å². The van der Waals surface area contributed by atoms with Gasteiger partial charge in [0.25, 0.3) is 5.24 Å². The molecule has 0 aromatic carbocycles. The summed E-state index contributed by atoms with van der Waals surface area (Å²) in [6.07, 6.45) is 0.886. The number of carbonyl (C=O) groups is 2. The van der Waals surface area contributed by atoms with Crippen molar-refractivity contribution >= 4 is 49.6 Å². The minimum Gasteiger partial charge on any atom is -0.276 e. The lowest BCUT2D eigenvalue weighted by Gasteiger charge is -1.82. The van der Waals surface area contributed by atoms with Gasteiger partial charge in [-0.05, 0) is 39.1 Å². The Hall–Kier alpha value is 0.140. The minimum atomic E-state index is -0.746. The molecule has 0 radical (unpaired) electrons. The van der Waals surface area contributed by atoms with Gasteiger partial charge in [0.1, 0.15) is 0 Å². The van der Waals surface area contributed by atoms with E-state index in [1.807, 2.05) is 0 Å². The first-order valence-electron chi connectivity index (χ1n) is 1.80. The van der Waals surface area contributed by atoms with Crippen LogP contribution in [0.25, 0.3) is 0 Å². The molecule has 0 heterocycles. The van der Waals surface area contributed by atoms with Crippen molar-refractivity contribution in [2.75, 3.05) is 0 Å². The molecule has 0 aromatic heterocycles. The molecule has 0 saturated carbocycles. The van der Waals surface area contributed by atoms with E-state index in [1.165, 1.54) is 0 Å². The van der Waals surface area contributed by atoms with Crippen molar-refractivity contribution in [1.82, 2.24) is 0 Å². The van der Waals surface area contributed by atoms with Gasteiger partial charge in [-0.25, -0.2) is 0 Å². The van der Waals surface area contributed by atoms with Crippen LogP contribution in [0, 0.1) is 0 Å². The molecule has 2 nitrogen and oxygen atoms in total. The van der Waals surface area contributed by atoms with Gasteiger partial charge in [0, 0.05) is 6.08 Å². The standard InChI is InChI=1S/C4HBrCl2O2/c5-2(4(7)9)1-3(6)8/h1H. The predicted octanol–water partition coefficient (Wildman–Crippen LogP) is 1.80. The van der Waals surface area contributed by atoms with Crippen LogP contribution in [0.3, 0.4) is 0 Å². The van der Waals surface area contributed by atoms with Crippen molar-refractivity contribution in [2.24, 2.45) is 0 Å². The van der Waals surface area contributed by atoms with Gasteiger partial charge in [0.05, 0.1) is 4.48 Å². The molecule has 0 aliphatic carbocycles. The lowest BCUT2D eigenvalue weighted by molar-refractivity contribution is -0.109. The molecule has 0 aliphatic rings. The zero-order chi connectivity index (χ0) is 7.44. The molecule has 0 amide bonds. The molecule has 0 unspecified atom stereocenters. The summed E-state index contributed by atoms with van der Waals surface area (Å²) in [4.78, 5) is 20.1. The van der Waals surface area contributed by atoms with Crippen molar-refractivity contribution in [1.29, 1.82) is 0 Å². The highest BCUT2D eigenvalue weighted by atomic mass is 79.9. The second-order valence-corrected chi connectivity index (χ2v) is 2.64. The van der Waals surface area contributed by atoms with Gasteiger partial charge in [0.15, 0.2) is 0 Å². The van der Waals surface area contributed by atoms with E-state index in [2.05, 4.69) is 15.9 Å². The molecule has 5 heteroatoms. The van der Waals surface area contributed by atoms with Crippen LogP contribution in [-0.2, 0) is 9.59 Å². The summed E-state index contributed by atoms with van der Waals surface area (Å²) in [5.74, 6) is 0. The molecule has 0 fully saturated rings. The van der Waals surface area contributed by atoms with Crippen LogP contribution in [0.5, 0.6) is 0 Å². The van der Waals surface area contributed by atoms with E-state index < -0.39 is 10.5 Å². The Bertz CT molecular complexity index is 175. The summed E-state index contributed by atoms with van der Waals surface area (Å²) in [5, 5.41) is -1.49. The number of hydrogen-bond donors (Lipinski definition) is 0. The predicted molar refractivity (Wildman–Crippen MR) is 38.7 cm³/mol. The highest BCUT2D eigenvalue weighted by molar-refractivity contribution is 9.12. The number of allylic oxidation sites excluding steroid dienone is 2. The summed E-state index contributed by atoms with van der Waals surface area (Å²) >= 11 is 12.5. The monoisotopic (exact) mass is 230 g/mol. The Kier molecular flexibility index (Phi) is 4.10. The summed E-state index contributed by atoms with van der Waals surface area (Å²) in [7, 11) is 0. The van der Waals surface area contributed by atoms with E-state index in [9.17, 15) is 9.59 Å². The molecular formula is C4HBrCl2O2. The smallest absolute Gasteiger partial charge is 0.259 e. The van der Waals surface area contributed by atoms with Crippen LogP contribution in [-0.4, -0.2) is 10.5 Å². The number of carbonyl (C=O) groups excluding carboxylic acids is 2. The van der Waals surface area contributed by atoms with E-state index in [0.717, 1.165) is 6.08 Å². The summed E-state index contributed by atoms with van der Waals surface area (Å²) in [6.45, 7) is 0. The van der Waals surface area contributed by atoms with Crippen LogP contribution in [0.1, 0.15) is 0 Å². The molecule has 50 valence electrons. The molecule has 0 spiro atoms. The average molecular weight is 232 g/mol. The topological polar surface area (TPSA) is 34.1 Å². The van der Waals surface area contributed by atoms with Gasteiger partial charge >= 0.3 is 0 Å². The molecule has 0 saturated heterocycles. The number of hydrogen-bond acceptors (Lipinski definition) is 2. The third kappa shape index (κ3) is 4.63. The fourth-order valence-electron chi connectivity index (χ4n) is 0.156. The molecule has 0 rings (SSSR count). The lowest BCUT2D eigenvalue weighted by atomic mass is 10.5. The van der Waals surface area contributed by atoms with Gasteiger partial charge in [-0.15, -0.1) is 0 Å². The number of halogens is 3. The molecule has 0 N–H and O–H groups in total. The quantitative estimate of drug-likeness (QED) is 0.537. The molecular weight excluding hydrogens is 231 g/mol. The van der Waals surface area contributed by atoms with Crippen LogP contribution in [0.2, 0.25) is 0 Å². The molecule has 0 aromatic rings. The van der Waals surface area contributed by atoms with Crippen molar-refractivity contribution in [2.45, 2.75) is 0 Å². The van der Waals surface area contributed by atoms with Crippen LogP contribution >= 0.6 is 39.1 Å².